The fraction of sp³-hybridized carbons (Fsp3) is 0.435. The Labute approximate surface area is 192 Å². The fourth-order valence-corrected chi connectivity index (χ4v) is 4.08. The normalized spacial score (nSPS) is 15.7. The summed E-state index contributed by atoms with van der Waals surface area (Å²) in [6, 6.07) is 12.0. The Kier molecular flexibility index (Phi) is 9.18. The van der Waals surface area contributed by atoms with Gasteiger partial charge in [-0.15, -0.1) is 0 Å². The van der Waals surface area contributed by atoms with Crippen LogP contribution in [0.4, 0.5) is 5.69 Å². The van der Waals surface area contributed by atoms with Gasteiger partial charge in [-0.1, -0.05) is 18.2 Å². The van der Waals surface area contributed by atoms with Crippen LogP contribution >= 0.6 is 11.8 Å². The summed E-state index contributed by atoms with van der Waals surface area (Å²) in [6.45, 7) is 1.77. The molecule has 1 aromatic carbocycles. The van der Waals surface area contributed by atoms with Gasteiger partial charge in [0.2, 0.25) is 11.8 Å². The number of rotatable bonds is 10. The predicted molar refractivity (Wildman–Crippen MR) is 126 cm³/mol. The number of thioether (sulfide) groups is 1. The monoisotopic (exact) mass is 458 g/mol. The van der Waals surface area contributed by atoms with Crippen molar-refractivity contribution in [2.75, 3.05) is 37.0 Å². The van der Waals surface area contributed by atoms with E-state index >= 15 is 0 Å². The van der Waals surface area contributed by atoms with E-state index in [-0.39, 0.29) is 23.6 Å². The molecule has 0 unspecified atom stereocenters. The topological polar surface area (TPSA) is 104 Å². The van der Waals surface area contributed by atoms with E-state index in [2.05, 4.69) is 20.9 Å². The lowest BCUT2D eigenvalue weighted by atomic mass is 10.0. The Bertz CT molecular complexity index is 867. The van der Waals surface area contributed by atoms with E-state index in [9.17, 15) is 14.4 Å². The quantitative estimate of drug-likeness (QED) is 0.505. The average molecular weight is 459 g/mol. The minimum Gasteiger partial charge on any atom is -0.459 e. The van der Waals surface area contributed by atoms with Gasteiger partial charge in [-0.05, 0) is 55.5 Å². The number of carbonyl (C=O) groups is 3. The molecular formula is C23H30N4O4S. The van der Waals surface area contributed by atoms with Crippen LogP contribution in [0.15, 0.2) is 53.1 Å². The maximum absolute atomic E-state index is 12.8. The van der Waals surface area contributed by atoms with E-state index in [1.165, 1.54) is 6.26 Å². The third-order valence-corrected chi connectivity index (χ3v) is 5.98. The maximum Gasteiger partial charge on any atom is 0.287 e. The number of hydrogen-bond donors (Lipinski definition) is 3. The number of carbonyl (C=O) groups excluding carboxylic acids is 3. The van der Waals surface area contributed by atoms with Gasteiger partial charge in [0.1, 0.15) is 6.04 Å². The third-order valence-electron chi connectivity index (χ3n) is 5.34. The number of benzene rings is 1. The van der Waals surface area contributed by atoms with Gasteiger partial charge >= 0.3 is 0 Å². The van der Waals surface area contributed by atoms with Gasteiger partial charge in [0.05, 0.1) is 12.8 Å². The largest absolute Gasteiger partial charge is 0.459 e. The molecule has 0 radical (unpaired) electrons. The predicted octanol–water partition coefficient (Wildman–Crippen LogP) is 2.35. The number of amides is 3. The van der Waals surface area contributed by atoms with Gasteiger partial charge in [0, 0.05) is 24.8 Å². The Hall–Kier alpha value is -2.78. The standard InChI is InChI=1S/C23H30N4O4S/c1-32-15-11-19(26-23(30)20-8-5-14-31-20)22(29)25-18-9-12-27(13-10-18)16-21(28)24-17-6-3-2-4-7-17/h2-8,14,18-19H,9-13,15-16H2,1H3,(H,24,28)(H,25,29)(H,26,30)/t19-/m1/s1. The van der Waals surface area contributed by atoms with Crippen molar-refractivity contribution >= 4 is 35.2 Å². The molecule has 1 atom stereocenters. The summed E-state index contributed by atoms with van der Waals surface area (Å²) in [5.41, 5.74) is 0.785. The molecule has 1 aromatic heterocycles. The summed E-state index contributed by atoms with van der Waals surface area (Å²) in [7, 11) is 0. The number of likely N-dealkylation sites (tertiary alicyclic amines) is 1. The molecule has 172 valence electrons. The first-order chi connectivity index (χ1) is 15.5. The molecular weight excluding hydrogens is 428 g/mol. The summed E-state index contributed by atoms with van der Waals surface area (Å²) >= 11 is 1.63. The molecule has 1 fully saturated rings. The minimum atomic E-state index is -0.616. The molecule has 2 heterocycles. The summed E-state index contributed by atoms with van der Waals surface area (Å²) in [5, 5.41) is 8.75. The molecule has 3 N–H and O–H groups in total. The van der Waals surface area contributed by atoms with Crippen molar-refractivity contribution in [1.82, 2.24) is 15.5 Å². The van der Waals surface area contributed by atoms with Crippen molar-refractivity contribution in [3.63, 3.8) is 0 Å². The van der Waals surface area contributed by atoms with Crippen LogP contribution in [-0.2, 0) is 9.59 Å². The molecule has 0 bridgehead atoms. The van der Waals surface area contributed by atoms with Crippen molar-refractivity contribution in [2.24, 2.45) is 0 Å². The second-order valence-corrected chi connectivity index (χ2v) is 8.74. The van der Waals surface area contributed by atoms with Crippen molar-refractivity contribution in [3.8, 4) is 0 Å². The first kappa shape index (κ1) is 23.9. The molecule has 8 nitrogen and oxygen atoms in total. The molecule has 3 amide bonds. The second kappa shape index (κ2) is 12.3. The van der Waals surface area contributed by atoms with Gasteiger partial charge in [-0.3, -0.25) is 19.3 Å². The highest BCUT2D eigenvalue weighted by Gasteiger charge is 2.27. The van der Waals surface area contributed by atoms with Crippen LogP contribution in [0.1, 0.15) is 29.8 Å². The number of anilines is 1. The van der Waals surface area contributed by atoms with Gasteiger partial charge in [0.15, 0.2) is 5.76 Å². The lowest BCUT2D eigenvalue weighted by molar-refractivity contribution is -0.124. The van der Waals surface area contributed by atoms with Crippen LogP contribution in [0.5, 0.6) is 0 Å². The van der Waals surface area contributed by atoms with Crippen LogP contribution in [-0.4, -0.2) is 66.3 Å². The second-order valence-electron chi connectivity index (χ2n) is 7.76. The minimum absolute atomic E-state index is 0.0215. The van der Waals surface area contributed by atoms with Crippen molar-refractivity contribution in [3.05, 3.63) is 54.5 Å². The molecule has 9 heteroatoms. The van der Waals surface area contributed by atoms with E-state index < -0.39 is 11.9 Å². The molecule has 1 saturated heterocycles. The molecule has 0 aliphatic carbocycles. The molecule has 1 aliphatic rings. The van der Waals surface area contributed by atoms with Gasteiger partial charge in [0.25, 0.3) is 5.91 Å². The lowest BCUT2D eigenvalue weighted by Gasteiger charge is -2.32. The van der Waals surface area contributed by atoms with E-state index in [1.807, 2.05) is 36.6 Å². The zero-order valence-corrected chi connectivity index (χ0v) is 19.0. The number of nitrogens with one attached hydrogen (secondary N) is 3. The van der Waals surface area contributed by atoms with Crippen LogP contribution in [0.3, 0.4) is 0 Å². The van der Waals surface area contributed by atoms with Gasteiger partial charge in [-0.2, -0.15) is 11.8 Å². The lowest BCUT2D eigenvalue weighted by Crippen LogP contribution is -2.52. The van der Waals surface area contributed by atoms with Crippen LogP contribution in [0.2, 0.25) is 0 Å². The molecule has 2 aromatic rings. The highest BCUT2D eigenvalue weighted by atomic mass is 32.2. The summed E-state index contributed by atoms with van der Waals surface area (Å²) < 4.78 is 5.12. The maximum atomic E-state index is 12.8. The third kappa shape index (κ3) is 7.42. The van der Waals surface area contributed by atoms with Crippen molar-refractivity contribution < 1.29 is 18.8 Å². The van der Waals surface area contributed by atoms with Crippen molar-refractivity contribution in [1.29, 1.82) is 0 Å². The van der Waals surface area contributed by atoms with Crippen LogP contribution in [0.25, 0.3) is 0 Å². The molecule has 3 rings (SSSR count). The zero-order valence-electron chi connectivity index (χ0n) is 18.2. The Balaban J connectivity index is 1.44. The molecule has 0 saturated carbocycles. The highest BCUT2D eigenvalue weighted by molar-refractivity contribution is 7.98. The van der Waals surface area contributed by atoms with Crippen LogP contribution in [0, 0.1) is 0 Å². The Morgan fingerprint density at radius 2 is 1.88 bits per heavy atom. The van der Waals surface area contributed by atoms with Gasteiger partial charge in [-0.25, -0.2) is 0 Å². The van der Waals surface area contributed by atoms with Gasteiger partial charge < -0.3 is 20.4 Å². The van der Waals surface area contributed by atoms with Crippen molar-refractivity contribution in [2.45, 2.75) is 31.3 Å². The number of hydrogen-bond acceptors (Lipinski definition) is 6. The van der Waals surface area contributed by atoms with E-state index in [4.69, 9.17) is 4.42 Å². The average Bonchev–Trinajstić information content (AvgIpc) is 3.33. The number of furan rings is 1. The molecule has 32 heavy (non-hydrogen) atoms. The summed E-state index contributed by atoms with van der Waals surface area (Å²) in [4.78, 5) is 39.5. The first-order valence-electron chi connectivity index (χ1n) is 10.8. The Morgan fingerprint density at radius 1 is 1.12 bits per heavy atom. The van der Waals surface area contributed by atoms with E-state index in [1.54, 1.807) is 23.9 Å². The number of nitrogens with zero attached hydrogens (tertiary/aromatic N) is 1. The summed E-state index contributed by atoms with van der Waals surface area (Å²) in [6.07, 6.45) is 5.45. The SMILES string of the molecule is CSCC[C@@H](NC(=O)c1ccco1)C(=O)NC1CCN(CC(=O)Nc2ccccc2)CC1. The highest BCUT2D eigenvalue weighted by Crippen LogP contribution is 2.12. The molecule has 0 spiro atoms. The van der Waals surface area contributed by atoms with E-state index in [0.29, 0.717) is 13.0 Å². The fourth-order valence-electron chi connectivity index (χ4n) is 3.60. The Morgan fingerprint density at radius 3 is 2.53 bits per heavy atom. The smallest absolute Gasteiger partial charge is 0.287 e. The number of piperidine rings is 1. The number of para-hydroxylation sites is 1. The molecule has 1 aliphatic heterocycles. The zero-order chi connectivity index (χ0) is 22.8. The van der Waals surface area contributed by atoms with E-state index in [0.717, 1.165) is 37.4 Å². The first-order valence-corrected chi connectivity index (χ1v) is 12.2. The van der Waals surface area contributed by atoms with Crippen LogP contribution < -0.4 is 16.0 Å². The summed E-state index contributed by atoms with van der Waals surface area (Å²) in [5.74, 6) is 0.325.